The van der Waals surface area contributed by atoms with Crippen molar-refractivity contribution in [1.82, 2.24) is 4.90 Å². The lowest BCUT2D eigenvalue weighted by Crippen LogP contribution is -2.31. The lowest BCUT2D eigenvalue weighted by molar-refractivity contribution is -0.145. The number of esters is 1. The first-order valence-electron chi connectivity index (χ1n) is 10.8. The number of aromatic hydroxyl groups is 1. The van der Waals surface area contributed by atoms with Crippen LogP contribution < -0.4 is 0 Å². The topological polar surface area (TPSA) is 49.8 Å². The van der Waals surface area contributed by atoms with E-state index in [1.165, 1.54) is 12.8 Å². The molecule has 0 radical (unpaired) electrons. The van der Waals surface area contributed by atoms with Crippen molar-refractivity contribution < 1.29 is 14.6 Å². The first-order valence-corrected chi connectivity index (χ1v) is 10.8. The molecule has 1 aromatic rings. The first-order chi connectivity index (χ1) is 13.6. The monoisotopic (exact) mass is 381 g/mol. The third kappa shape index (κ3) is 4.20. The molecule has 2 saturated carbocycles. The molecule has 4 atom stereocenters. The zero-order valence-corrected chi connectivity index (χ0v) is 16.8. The van der Waals surface area contributed by atoms with E-state index in [4.69, 9.17) is 4.74 Å². The number of hydrogen-bond acceptors (Lipinski definition) is 4. The van der Waals surface area contributed by atoms with E-state index in [0.29, 0.717) is 11.6 Å². The fraction of sp³-hybridized carbons (Fsp3) is 0.625. The SMILES string of the molecule is CC1[C@H]2CC2CN1CC#CCOC(=O)C(c1ccccc1O)C1CCCCC1. The van der Waals surface area contributed by atoms with Gasteiger partial charge in [-0.1, -0.05) is 49.3 Å². The van der Waals surface area contributed by atoms with Gasteiger partial charge in [-0.2, -0.15) is 0 Å². The van der Waals surface area contributed by atoms with Crippen molar-refractivity contribution in [3.8, 4) is 17.6 Å². The van der Waals surface area contributed by atoms with Crippen LogP contribution in [0.25, 0.3) is 0 Å². The molecular weight excluding hydrogens is 350 g/mol. The van der Waals surface area contributed by atoms with E-state index < -0.39 is 5.92 Å². The van der Waals surface area contributed by atoms with Gasteiger partial charge in [-0.25, -0.2) is 0 Å². The molecule has 3 aliphatic rings. The fourth-order valence-corrected chi connectivity index (χ4v) is 5.22. The van der Waals surface area contributed by atoms with Gasteiger partial charge in [-0.05, 0) is 50.0 Å². The van der Waals surface area contributed by atoms with Crippen LogP contribution in [0.2, 0.25) is 0 Å². The average Bonchev–Trinajstić information content (AvgIpc) is 3.41. The predicted octanol–water partition coefficient (Wildman–Crippen LogP) is 3.94. The number of benzene rings is 1. The molecule has 1 heterocycles. The lowest BCUT2D eigenvalue weighted by atomic mass is 9.76. The van der Waals surface area contributed by atoms with E-state index in [9.17, 15) is 9.90 Å². The first kappa shape index (κ1) is 19.3. The Morgan fingerprint density at radius 3 is 2.75 bits per heavy atom. The highest BCUT2D eigenvalue weighted by atomic mass is 16.5. The number of phenolic OH excluding ortho intramolecular Hbond substituents is 1. The molecule has 1 saturated heterocycles. The summed E-state index contributed by atoms with van der Waals surface area (Å²) in [6, 6.07) is 7.80. The van der Waals surface area contributed by atoms with Crippen LogP contribution in [0, 0.1) is 29.6 Å². The lowest BCUT2D eigenvalue weighted by Gasteiger charge is -2.29. The number of phenols is 1. The number of ether oxygens (including phenoxy) is 1. The van der Waals surface area contributed by atoms with Crippen LogP contribution in [-0.2, 0) is 9.53 Å². The molecular formula is C24H31NO3. The normalized spacial score (nSPS) is 28.1. The quantitative estimate of drug-likeness (QED) is 0.620. The van der Waals surface area contributed by atoms with Gasteiger partial charge in [0.05, 0.1) is 12.5 Å². The second-order valence-electron chi connectivity index (χ2n) is 8.73. The maximum Gasteiger partial charge on any atom is 0.314 e. The molecule has 4 heteroatoms. The molecule has 0 aromatic heterocycles. The molecule has 3 unspecified atom stereocenters. The van der Waals surface area contributed by atoms with Gasteiger partial charge in [-0.15, -0.1) is 0 Å². The third-order valence-corrected chi connectivity index (χ3v) is 6.98. The molecule has 150 valence electrons. The van der Waals surface area contributed by atoms with Crippen LogP contribution in [0.15, 0.2) is 24.3 Å². The average molecular weight is 382 g/mol. The number of carbonyl (C=O) groups is 1. The smallest absolute Gasteiger partial charge is 0.314 e. The van der Waals surface area contributed by atoms with Gasteiger partial charge in [0.2, 0.25) is 0 Å². The number of likely N-dealkylation sites (tertiary alicyclic amines) is 1. The number of hydrogen-bond donors (Lipinski definition) is 1. The summed E-state index contributed by atoms with van der Waals surface area (Å²) in [5.74, 6) is 7.74. The van der Waals surface area contributed by atoms with Gasteiger partial charge in [-0.3, -0.25) is 9.69 Å². The second-order valence-corrected chi connectivity index (χ2v) is 8.73. The van der Waals surface area contributed by atoms with Crippen LogP contribution >= 0.6 is 0 Å². The van der Waals surface area contributed by atoms with Crippen LogP contribution in [0.4, 0.5) is 0 Å². The molecule has 2 aliphatic carbocycles. The fourth-order valence-electron chi connectivity index (χ4n) is 5.22. The van der Waals surface area contributed by atoms with E-state index in [1.54, 1.807) is 12.1 Å². The molecule has 0 spiro atoms. The second kappa shape index (κ2) is 8.57. The van der Waals surface area contributed by atoms with Gasteiger partial charge in [0.1, 0.15) is 5.75 Å². The number of fused-ring (bicyclic) bond motifs is 1. The van der Waals surface area contributed by atoms with Crippen LogP contribution in [0.3, 0.4) is 0 Å². The molecule has 4 rings (SSSR count). The summed E-state index contributed by atoms with van der Waals surface area (Å²) in [5.41, 5.74) is 0.692. The molecule has 3 fully saturated rings. The Labute approximate surface area is 168 Å². The van der Waals surface area contributed by atoms with Crippen molar-refractivity contribution in [2.45, 2.75) is 57.4 Å². The van der Waals surface area contributed by atoms with Crippen LogP contribution in [-0.4, -0.2) is 41.7 Å². The van der Waals surface area contributed by atoms with E-state index >= 15 is 0 Å². The maximum atomic E-state index is 12.9. The predicted molar refractivity (Wildman–Crippen MR) is 109 cm³/mol. The van der Waals surface area contributed by atoms with Gasteiger partial charge in [0.25, 0.3) is 0 Å². The van der Waals surface area contributed by atoms with Gasteiger partial charge < -0.3 is 9.84 Å². The van der Waals surface area contributed by atoms with E-state index in [1.807, 2.05) is 12.1 Å². The maximum absolute atomic E-state index is 12.9. The number of para-hydroxylation sites is 1. The zero-order chi connectivity index (χ0) is 19.5. The Morgan fingerprint density at radius 1 is 1.25 bits per heavy atom. The van der Waals surface area contributed by atoms with Gasteiger partial charge in [0.15, 0.2) is 6.61 Å². The third-order valence-electron chi connectivity index (χ3n) is 6.98. The molecule has 0 amide bonds. The standard InChI is InChI=1S/C24H31NO3/c1-17-21-15-19(21)16-25(17)13-7-8-14-28-24(27)23(18-9-3-2-4-10-18)20-11-5-6-12-22(20)26/h5-6,11-12,17-19,21,23,26H,2-4,9-10,13-16H2,1H3/t17?,19?,21-,23?/m1/s1. The number of nitrogens with zero attached hydrogens (tertiary/aromatic N) is 1. The highest BCUT2D eigenvalue weighted by Gasteiger charge is 2.49. The Bertz CT molecular complexity index is 759. The zero-order valence-electron chi connectivity index (χ0n) is 16.8. The van der Waals surface area contributed by atoms with Crippen molar-refractivity contribution in [1.29, 1.82) is 0 Å². The highest BCUT2D eigenvalue weighted by Crippen LogP contribution is 2.49. The minimum atomic E-state index is -0.394. The Morgan fingerprint density at radius 2 is 2.04 bits per heavy atom. The molecule has 1 N–H and O–H groups in total. The minimum Gasteiger partial charge on any atom is -0.508 e. The van der Waals surface area contributed by atoms with Crippen molar-refractivity contribution >= 4 is 5.97 Å². The van der Waals surface area contributed by atoms with Gasteiger partial charge in [0, 0.05) is 18.2 Å². The molecule has 4 nitrogen and oxygen atoms in total. The Hall–Kier alpha value is -1.99. The van der Waals surface area contributed by atoms with E-state index in [0.717, 1.165) is 50.6 Å². The summed E-state index contributed by atoms with van der Waals surface area (Å²) in [7, 11) is 0. The van der Waals surface area contributed by atoms with Crippen molar-refractivity contribution in [3.63, 3.8) is 0 Å². The van der Waals surface area contributed by atoms with Crippen molar-refractivity contribution in [2.24, 2.45) is 17.8 Å². The minimum absolute atomic E-state index is 0.130. The van der Waals surface area contributed by atoms with Crippen LogP contribution in [0.1, 0.15) is 56.9 Å². The summed E-state index contributed by atoms with van der Waals surface area (Å²) in [6.45, 7) is 4.35. The number of rotatable bonds is 5. The Balaban J connectivity index is 1.35. The van der Waals surface area contributed by atoms with E-state index in [-0.39, 0.29) is 24.2 Å². The van der Waals surface area contributed by atoms with Crippen molar-refractivity contribution in [3.05, 3.63) is 29.8 Å². The van der Waals surface area contributed by atoms with Crippen LogP contribution in [0.5, 0.6) is 5.75 Å². The summed E-state index contributed by atoms with van der Waals surface area (Å²) in [5, 5.41) is 10.3. The summed E-state index contributed by atoms with van der Waals surface area (Å²) >= 11 is 0. The molecule has 28 heavy (non-hydrogen) atoms. The highest BCUT2D eigenvalue weighted by molar-refractivity contribution is 5.79. The summed E-state index contributed by atoms with van der Waals surface area (Å²) in [4.78, 5) is 15.3. The molecule has 1 aromatic carbocycles. The Kier molecular flexibility index (Phi) is 5.92. The van der Waals surface area contributed by atoms with E-state index in [2.05, 4.69) is 23.7 Å². The number of carbonyl (C=O) groups excluding carboxylic acids is 1. The van der Waals surface area contributed by atoms with Gasteiger partial charge >= 0.3 is 5.97 Å². The molecule has 0 bridgehead atoms. The van der Waals surface area contributed by atoms with Crippen molar-refractivity contribution in [2.75, 3.05) is 19.7 Å². The summed E-state index contributed by atoms with van der Waals surface area (Å²) in [6.07, 6.45) is 6.90. The molecule has 1 aliphatic heterocycles. The summed E-state index contributed by atoms with van der Waals surface area (Å²) < 4.78 is 5.55. The number of piperidine rings is 1. The largest absolute Gasteiger partial charge is 0.508 e.